The Morgan fingerprint density at radius 3 is 2.57 bits per heavy atom. The average Bonchev–Trinajstić information content (AvgIpc) is 3.20. The Morgan fingerprint density at radius 2 is 2.00 bits per heavy atom. The molecule has 1 aromatic carbocycles. The molecule has 1 fully saturated rings. The molecule has 1 aliphatic carbocycles. The molecular weight excluding hydrogens is 264 g/mol. The quantitative estimate of drug-likeness (QED) is 0.887. The van der Waals surface area contributed by atoms with Gasteiger partial charge in [0.2, 0.25) is 5.82 Å². The number of aromatic nitrogens is 3. The van der Waals surface area contributed by atoms with Crippen molar-refractivity contribution in [1.29, 1.82) is 0 Å². The van der Waals surface area contributed by atoms with Gasteiger partial charge >= 0.3 is 0 Å². The van der Waals surface area contributed by atoms with Crippen LogP contribution in [0.3, 0.4) is 0 Å². The summed E-state index contributed by atoms with van der Waals surface area (Å²) >= 11 is 0. The summed E-state index contributed by atoms with van der Waals surface area (Å²) in [7, 11) is 0. The van der Waals surface area contributed by atoms with Crippen molar-refractivity contribution in [3.8, 4) is 0 Å². The first kappa shape index (κ1) is 13.8. The summed E-state index contributed by atoms with van der Waals surface area (Å²) in [6.45, 7) is 4.03. The molecule has 3 rings (SSSR count). The summed E-state index contributed by atoms with van der Waals surface area (Å²) in [5.41, 5.74) is 1.15. The predicted molar refractivity (Wildman–Crippen MR) is 79.8 cm³/mol. The van der Waals surface area contributed by atoms with Gasteiger partial charge in [-0.15, -0.1) is 5.10 Å². The van der Waals surface area contributed by atoms with Crippen LogP contribution in [0.1, 0.15) is 60.7 Å². The zero-order valence-corrected chi connectivity index (χ0v) is 12.3. The van der Waals surface area contributed by atoms with E-state index >= 15 is 0 Å². The van der Waals surface area contributed by atoms with Gasteiger partial charge in [0.15, 0.2) is 0 Å². The second-order valence-corrected chi connectivity index (χ2v) is 5.90. The summed E-state index contributed by atoms with van der Waals surface area (Å²) in [5, 5.41) is 9.92. The summed E-state index contributed by atoms with van der Waals surface area (Å²) in [6.07, 6.45) is 2.32. The van der Waals surface area contributed by atoms with Crippen LogP contribution in [0.4, 0.5) is 0 Å². The summed E-state index contributed by atoms with van der Waals surface area (Å²) in [4.78, 5) is 16.6. The van der Waals surface area contributed by atoms with Crippen LogP contribution in [-0.2, 0) is 0 Å². The highest BCUT2D eigenvalue weighted by Gasteiger charge is 2.34. The Balaban J connectivity index is 1.75. The van der Waals surface area contributed by atoms with E-state index in [9.17, 15) is 4.79 Å². The standard InChI is InChI=1S/C16H20N4O/c1-10(2)14-18-15(20-19-14)16(21)17-13(12-8-9-12)11-6-4-3-5-7-11/h3-7,10,12-13H,8-9H2,1-2H3,(H,17,21)(H,18,19,20). The molecule has 1 saturated carbocycles. The molecule has 1 aromatic heterocycles. The van der Waals surface area contributed by atoms with Crippen molar-refractivity contribution in [2.45, 2.75) is 38.6 Å². The van der Waals surface area contributed by atoms with E-state index in [2.05, 4.69) is 32.6 Å². The first-order valence-corrected chi connectivity index (χ1v) is 7.43. The van der Waals surface area contributed by atoms with Gasteiger partial charge in [-0.2, -0.15) is 0 Å². The van der Waals surface area contributed by atoms with Crippen LogP contribution in [0.25, 0.3) is 0 Å². The number of rotatable bonds is 5. The maximum atomic E-state index is 12.3. The number of amides is 1. The van der Waals surface area contributed by atoms with E-state index in [1.165, 1.54) is 0 Å². The topological polar surface area (TPSA) is 70.7 Å². The average molecular weight is 284 g/mol. The van der Waals surface area contributed by atoms with Crippen molar-refractivity contribution in [3.05, 3.63) is 47.5 Å². The molecule has 2 aromatic rings. The Kier molecular flexibility index (Phi) is 3.73. The van der Waals surface area contributed by atoms with E-state index < -0.39 is 0 Å². The molecule has 5 nitrogen and oxygen atoms in total. The highest BCUT2D eigenvalue weighted by Crippen LogP contribution is 2.41. The second-order valence-electron chi connectivity index (χ2n) is 5.90. The number of aromatic amines is 1. The fourth-order valence-corrected chi connectivity index (χ4v) is 2.40. The number of hydrogen-bond donors (Lipinski definition) is 2. The van der Waals surface area contributed by atoms with Gasteiger partial charge in [-0.1, -0.05) is 44.2 Å². The number of carbonyl (C=O) groups excluding carboxylic acids is 1. The molecular formula is C16H20N4O. The zero-order chi connectivity index (χ0) is 14.8. The molecule has 0 radical (unpaired) electrons. The van der Waals surface area contributed by atoms with Gasteiger partial charge in [0, 0.05) is 5.92 Å². The maximum Gasteiger partial charge on any atom is 0.291 e. The molecule has 1 heterocycles. The lowest BCUT2D eigenvalue weighted by Gasteiger charge is -2.17. The molecule has 1 amide bonds. The zero-order valence-electron chi connectivity index (χ0n) is 12.3. The van der Waals surface area contributed by atoms with Crippen LogP contribution < -0.4 is 5.32 Å². The molecule has 0 aliphatic heterocycles. The number of nitrogens with one attached hydrogen (secondary N) is 2. The molecule has 2 N–H and O–H groups in total. The maximum absolute atomic E-state index is 12.3. The minimum Gasteiger partial charge on any atom is -0.342 e. The second kappa shape index (κ2) is 5.68. The van der Waals surface area contributed by atoms with Crippen molar-refractivity contribution in [2.24, 2.45) is 5.92 Å². The number of hydrogen-bond acceptors (Lipinski definition) is 3. The van der Waals surface area contributed by atoms with Crippen LogP contribution in [0.5, 0.6) is 0 Å². The van der Waals surface area contributed by atoms with Gasteiger partial charge in [0.25, 0.3) is 5.91 Å². The molecule has 5 heteroatoms. The van der Waals surface area contributed by atoms with Crippen LogP contribution >= 0.6 is 0 Å². The van der Waals surface area contributed by atoms with Gasteiger partial charge < -0.3 is 5.32 Å². The Labute approximate surface area is 124 Å². The van der Waals surface area contributed by atoms with E-state index in [1.807, 2.05) is 32.0 Å². The minimum absolute atomic E-state index is 0.0553. The highest BCUT2D eigenvalue weighted by atomic mass is 16.2. The highest BCUT2D eigenvalue weighted by molar-refractivity contribution is 5.90. The van der Waals surface area contributed by atoms with Gasteiger partial charge in [-0.3, -0.25) is 9.89 Å². The minimum atomic E-state index is -0.209. The number of carbonyl (C=O) groups is 1. The molecule has 21 heavy (non-hydrogen) atoms. The lowest BCUT2D eigenvalue weighted by molar-refractivity contribution is 0.0921. The van der Waals surface area contributed by atoms with Gasteiger partial charge in [0.1, 0.15) is 5.82 Å². The van der Waals surface area contributed by atoms with Crippen LogP contribution in [0, 0.1) is 5.92 Å². The molecule has 1 aliphatic rings. The number of benzene rings is 1. The van der Waals surface area contributed by atoms with Gasteiger partial charge in [0.05, 0.1) is 6.04 Å². The van der Waals surface area contributed by atoms with Crippen LogP contribution in [-0.4, -0.2) is 21.1 Å². The van der Waals surface area contributed by atoms with Gasteiger partial charge in [-0.05, 0) is 24.3 Å². The molecule has 1 unspecified atom stereocenters. The lowest BCUT2D eigenvalue weighted by atomic mass is 10.0. The van der Waals surface area contributed by atoms with Crippen LogP contribution in [0.2, 0.25) is 0 Å². The lowest BCUT2D eigenvalue weighted by Crippen LogP contribution is -2.30. The predicted octanol–water partition coefficient (Wildman–Crippen LogP) is 2.81. The molecule has 0 spiro atoms. The van der Waals surface area contributed by atoms with Crippen molar-refractivity contribution in [2.75, 3.05) is 0 Å². The normalized spacial score (nSPS) is 16.0. The van der Waals surface area contributed by atoms with E-state index in [-0.39, 0.29) is 23.7 Å². The Hall–Kier alpha value is -2.17. The third-order valence-corrected chi connectivity index (χ3v) is 3.79. The molecule has 1 atom stereocenters. The summed E-state index contributed by atoms with van der Waals surface area (Å²) < 4.78 is 0. The van der Waals surface area contributed by atoms with Gasteiger partial charge in [-0.25, -0.2) is 4.98 Å². The monoisotopic (exact) mass is 284 g/mol. The van der Waals surface area contributed by atoms with Crippen LogP contribution in [0.15, 0.2) is 30.3 Å². The first-order valence-electron chi connectivity index (χ1n) is 7.43. The molecule has 0 saturated heterocycles. The largest absolute Gasteiger partial charge is 0.342 e. The Bertz CT molecular complexity index is 616. The number of H-pyrrole nitrogens is 1. The Morgan fingerprint density at radius 1 is 1.29 bits per heavy atom. The van der Waals surface area contributed by atoms with Crippen molar-refractivity contribution < 1.29 is 4.79 Å². The SMILES string of the molecule is CC(C)c1nc(C(=O)NC(c2ccccc2)C2CC2)n[nH]1. The third kappa shape index (κ3) is 3.12. The smallest absolute Gasteiger partial charge is 0.291 e. The first-order chi connectivity index (χ1) is 10.1. The van der Waals surface area contributed by atoms with E-state index in [0.29, 0.717) is 5.92 Å². The third-order valence-electron chi connectivity index (χ3n) is 3.79. The van der Waals surface area contributed by atoms with Crippen molar-refractivity contribution >= 4 is 5.91 Å². The fraction of sp³-hybridized carbons (Fsp3) is 0.438. The summed E-state index contributed by atoms with van der Waals surface area (Å²) in [5.74, 6) is 1.51. The van der Waals surface area contributed by atoms with E-state index in [1.54, 1.807) is 0 Å². The van der Waals surface area contributed by atoms with E-state index in [4.69, 9.17) is 0 Å². The number of nitrogens with zero attached hydrogens (tertiary/aromatic N) is 2. The molecule has 0 bridgehead atoms. The van der Waals surface area contributed by atoms with Crippen molar-refractivity contribution in [1.82, 2.24) is 20.5 Å². The molecule has 110 valence electrons. The summed E-state index contributed by atoms with van der Waals surface area (Å²) in [6, 6.07) is 10.2. The van der Waals surface area contributed by atoms with E-state index in [0.717, 1.165) is 24.2 Å². The fourth-order valence-electron chi connectivity index (χ4n) is 2.40. The van der Waals surface area contributed by atoms with Crippen molar-refractivity contribution in [3.63, 3.8) is 0 Å².